The first-order valence-corrected chi connectivity index (χ1v) is 7.57. The van der Waals surface area contributed by atoms with Crippen molar-refractivity contribution in [2.24, 2.45) is 11.8 Å². The summed E-state index contributed by atoms with van der Waals surface area (Å²) in [7, 11) is 0. The Morgan fingerprint density at radius 1 is 1.29 bits per heavy atom. The van der Waals surface area contributed by atoms with Gasteiger partial charge in [0.2, 0.25) is 11.8 Å². The number of amides is 2. The lowest BCUT2D eigenvalue weighted by Gasteiger charge is -2.41. The first-order valence-electron chi connectivity index (χ1n) is 7.57. The van der Waals surface area contributed by atoms with E-state index in [0.29, 0.717) is 12.5 Å². The second-order valence-corrected chi connectivity index (χ2v) is 6.33. The molecule has 1 aliphatic carbocycles. The normalized spacial score (nSPS) is 26.1. The SMILES string of the molecule is CC(C)C1C(=O)NC(C2CC2)C(=O)N1Cc1ccncc1. The molecular weight excluding hydrogens is 266 g/mol. The van der Waals surface area contributed by atoms with Gasteiger partial charge in [0.15, 0.2) is 0 Å². The van der Waals surface area contributed by atoms with Crippen molar-refractivity contribution in [3.63, 3.8) is 0 Å². The maximum Gasteiger partial charge on any atom is 0.246 e. The van der Waals surface area contributed by atoms with Crippen LogP contribution in [0, 0.1) is 11.8 Å². The molecule has 3 rings (SSSR count). The fourth-order valence-corrected chi connectivity index (χ4v) is 3.03. The van der Waals surface area contributed by atoms with Gasteiger partial charge in [-0.2, -0.15) is 0 Å². The molecule has 2 heterocycles. The van der Waals surface area contributed by atoms with Crippen molar-refractivity contribution in [3.8, 4) is 0 Å². The molecule has 1 N–H and O–H groups in total. The van der Waals surface area contributed by atoms with Gasteiger partial charge < -0.3 is 10.2 Å². The lowest BCUT2D eigenvalue weighted by Crippen LogP contribution is -2.65. The van der Waals surface area contributed by atoms with Gasteiger partial charge in [-0.1, -0.05) is 13.8 Å². The van der Waals surface area contributed by atoms with E-state index < -0.39 is 0 Å². The van der Waals surface area contributed by atoms with Crippen molar-refractivity contribution in [2.75, 3.05) is 0 Å². The van der Waals surface area contributed by atoms with Crippen LogP contribution in [0.15, 0.2) is 24.5 Å². The maximum absolute atomic E-state index is 12.8. The van der Waals surface area contributed by atoms with Crippen LogP contribution in [0.1, 0.15) is 32.3 Å². The van der Waals surface area contributed by atoms with Crippen LogP contribution in [0.3, 0.4) is 0 Å². The Morgan fingerprint density at radius 2 is 1.95 bits per heavy atom. The van der Waals surface area contributed by atoms with Crippen LogP contribution in [0.2, 0.25) is 0 Å². The fraction of sp³-hybridized carbons (Fsp3) is 0.562. The molecule has 1 saturated carbocycles. The molecule has 1 aromatic rings. The van der Waals surface area contributed by atoms with Crippen LogP contribution in [0.4, 0.5) is 0 Å². The number of nitrogens with one attached hydrogen (secondary N) is 1. The third-order valence-electron chi connectivity index (χ3n) is 4.28. The molecule has 2 aliphatic rings. The molecule has 2 unspecified atom stereocenters. The van der Waals surface area contributed by atoms with Crippen molar-refractivity contribution in [1.29, 1.82) is 0 Å². The number of carbonyl (C=O) groups is 2. The summed E-state index contributed by atoms with van der Waals surface area (Å²) in [6, 6.07) is 3.07. The van der Waals surface area contributed by atoms with Gasteiger partial charge >= 0.3 is 0 Å². The summed E-state index contributed by atoms with van der Waals surface area (Å²) >= 11 is 0. The molecule has 1 aliphatic heterocycles. The molecule has 0 aromatic carbocycles. The minimum absolute atomic E-state index is 0.0180. The van der Waals surface area contributed by atoms with Crippen LogP contribution in [-0.4, -0.2) is 33.8 Å². The van der Waals surface area contributed by atoms with Gasteiger partial charge in [0.1, 0.15) is 12.1 Å². The highest BCUT2D eigenvalue weighted by Crippen LogP contribution is 2.36. The zero-order chi connectivity index (χ0) is 15.0. The molecule has 0 radical (unpaired) electrons. The molecule has 1 saturated heterocycles. The molecule has 5 nitrogen and oxygen atoms in total. The first-order chi connectivity index (χ1) is 10.1. The van der Waals surface area contributed by atoms with Gasteiger partial charge in [0.25, 0.3) is 0 Å². The number of pyridine rings is 1. The van der Waals surface area contributed by atoms with Crippen LogP contribution in [0.25, 0.3) is 0 Å². The van der Waals surface area contributed by atoms with E-state index in [-0.39, 0.29) is 29.8 Å². The number of hydrogen-bond donors (Lipinski definition) is 1. The highest BCUT2D eigenvalue weighted by atomic mass is 16.2. The van der Waals surface area contributed by atoms with E-state index in [2.05, 4.69) is 10.3 Å². The van der Waals surface area contributed by atoms with Crippen molar-refractivity contribution >= 4 is 11.8 Å². The van der Waals surface area contributed by atoms with Gasteiger partial charge in [0.05, 0.1) is 0 Å². The van der Waals surface area contributed by atoms with Gasteiger partial charge in [-0.05, 0) is 42.4 Å². The van der Waals surface area contributed by atoms with E-state index >= 15 is 0 Å². The smallest absolute Gasteiger partial charge is 0.246 e. The minimum atomic E-state index is -0.388. The van der Waals surface area contributed by atoms with E-state index in [4.69, 9.17) is 0 Å². The van der Waals surface area contributed by atoms with Crippen LogP contribution in [0.5, 0.6) is 0 Å². The second-order valence-electron chi connectivity index (χ2n) is 6.33. The Hall–Kier alpha value is -1.91. The molecule has 2 fully saturated rings. The molecule has 2 amide bonds. The summed E-state index contributed by atoms with van der Waals surface area (Å²) in [6.07, 6.45) is 5.50. The minimum Gasteiger partial charge on any atom is -0.342 e. The van der Waals surface area contributed by atoms with Gasteiger partial charge in [-0.3, -0.25) is 14.6 Å². The quantitative estimate of drug-likeness (QED) is 0.909. The van der Waals surface area contributed by atoms with Crippen molar-refractivity contribution in [1.82, 2.24) is 15.2 Å². The van der Waals surface area contributed by atoms with E-state index in [1.54, 1.807) is 17.3 Å². The Morgan fingerprint density at radius 3 is 2.52 bits per heavy atom. The summed E-state index contributed by atoms with van der Waals surface area (Å²) in [6.45, 7) is 4.43. The predicted octanol–water partition coefficient (Wildman–Crippen LogP) is 1.34. The molecule has 5 heteroatoms. The molecule has 21 heavy (non-hydrogen) atoms. The standard InChI is InChI=1S/C16H21N3O2/c1-10(2)14-15(20)18-13(12-3-4-12)16(21)19(14)9-11-5-7-17-8-6-11/h5-8,10,12-14H,3-4,9H2,1-2H3,(H,18,20). The zero-order valence-corrected chi connectivity index (χ0v) is 12.5. The highest BCUT2D eigenvalue weighted by Gasteiger charge is 2.47. The highest BCUT2D eigenvalue weighted by molar-refractivity contribution is 5.97. The number of hydrogen-bond acceptors (Lipinski definition) is 3. The number of piperazine rings is 1. The van der Waals surface area contributed by atoms with E-state index in [1.165, 1.54) is 0 Å². The third kappa shape index (κ3) is 2.77. The van der Waals surface area contributed by atoms with Crippen molar-refractivity contribution in [3.05, 3.63) is 30.1 Å². The lowest BCUT2D eigenvalue weighted by molar-refractivity contribution is -0.152. The zero-order valence-electron chi connectivity index (χ0n) is 12.5. The Labute approximate surface area is 124 Å². The fourth-order valence-electron chi connectivity index (χ4n) is 3.03. The number of rotatable bonds is 4. The molecule has 2 atom stereocenters. The molecule has 0 bridgehead atoms. The van der Waals surface area contributed by atoms with Gasteiger partial charge in [-0.25, -0.2) is 0 Å². The average Bonchev–Trinajstić information content (AvgIpc) is 3.27. The van der Waals surface area contributed by atoms with E-state index in [1.807, 2.05) is 26.0 Å². The summed E-state index contributed by atoms with van der Waals surface area (Å²) in [5.41, 5.74) is 1.01. The Balaban J connectivity index is 1.86. The largest absolute Gasteiger partial charge is 0.342 e. The number of nitrogens with zero attached hydrogens (tertiary/aromatic N) is 2. The Kier molecular flexibility index (Phi) is 3.66. The van der Waals surface area contributed by atoms with E-state index in [9.17, 15) is 9.59 Å². The Bertz CT molecular complexity index is 540. The summed E-state index contributed by atoms with van der Waals surface area (Å²) in [5.74, 6) is 0.466. The third-order valence-corrected chi connectivity index (χ3v) is 4.28. The monoisotopic (exact) mass is 287 g/mol. The second kappa shape index (κ2) is 5.47. The maximum atomic E-state index is 12.8. The summed E-state index contributed by atoms with van der Waals surface area (Å²) < 4.78 is 0. The first kappa shape index (κ1) is 14.0. The molecular formula is C16H21N3O2. The van der Waals surface area contributed by atoms with Gasteiger partial charge in [0, 0.05) is 18.9 Å². The van der Waals surface area contributed by atoms with Crippen LogP contribution >= 0.6 is 0 Å². The summed E-state index contributed by atoms with van der Waals surface area (Å²) in [4.78, 5) is 30.9. The molecule has 0 spiro atoms. The topological polar surface area (TPSA) is 62.3 Å². The number of aromatic nitrogens is 1. The van der Waals surface area contributed by atoms with Crippen molar-refractivity contribution in [2.45, 2.75) is 45.3 Å². The lowest BCUT2D eigenvalue weighted by atomic mass is 9.95. The van der Waals surface area contributed by atoms with Gasteiger partial charge in [-0.15, -0.1) is 0 Å². The van der Waals surface area contributed by atoms with E-state index in [0.717, 1.165) is 18.4 Å². The number of carbonyl (C=O) groups excluding carboxylic acids is 2. The summed E-state index contributed by atoms with van der Waals surface area (Å²) in [5, 5.41) is 2.93. The van der Waals surface area contributed by atoms with Crippen LogP contribution in [-0.2, 0) is 16.1 Å². The van der Waals surface area contributed by atoms with Crippen molar-refractivity contribution < 1.29 is 9.59 Å². The van der Waals surface area contributed by atoms with Crippen LogP contribution < -0.4 is 5.32 Å². The molecule has 1 aromatic heterocycles. The predicted molar refractivity (Wildman–Crippen MR) is 78.1 cm³/mol. The molecule has 112 valence electrons. The average molecular weight is 287 g/mol.